The van der Waals surface area contributed by atoms with Crippen LogP contribution in [0.25, 0.3) is 0 Å². The number of ketones is 1. The predicted molar refractivity (Wildman–Crippen MR) is 67.7 cm³/mol. The number of Topliss-reactive ketones (excluding diaryl/α,β-unsaturated/α-hetero) is 1. The van der Waals surface area contributed by atoms with Crippen molar-refractivity contribution in [3.05, 3.63) is 35.6 Å². The lowest BCUT2D eigenvalue weighted by molar-refractivity contribution is 0.0926. The van der Waals surface area contributed by atoms with Crippen molar-refractivity contribution in [2.75, 3.05) is 20.1 Å². The lowest BCUT2D eigenvalue weighted by Gasteiger charge is -2.25. The van der Waals surface area contributed by atoms with Gasteiger partial charge in [0.15, 0.2) is 5.78 Å². The first kappa shape index (κ1) is 13.8. The molecule has 0 atom stereocenters. The molecule has 0 aliphatic rings. The van der Waals surface area contributed by atoms with E-state index in [-0.39, 0.29) is 17.0 Å². The molecule has 0 radical (unpaired) electrons. The monoisotopic (exact) mass is 237 g/mol. The Morgan fingerprint density at radius 3 is 2.53 bits per heavy atom. The molecular formula is C14H20FNO. The number of benzene rings is 1. The quantitative estimate of drug-likeness (QED) is 0.750. The van der Waals surface area contributed by atoms with Gasteiger partial charge in [-0.2, -0.15) is 0 Å². The van der Waals surface area contributed by atoms with Crippen molar-refractivity contribution in [2.45, 2.75) is 20.8 Å². The normalized spacial score (nSPS) is 11.9. The first-order chi connectivity index (χ1) is 7.78. The Bertz CT molecular complexity index is 395. The predicted octanol–water partition coefficient (Wildman–Crippen LogP) is 2.99. The van der Waals surface area contributed by atoms with Crippen LogP contribution in [0.15, 0.2) is 24.3 Å². The summed E-state index contributed by atoms with van der Waals surface area (Å²) < 4.78 is 13.0. The summed E-state index contributed by atoms with van der Waals surface area (Å²) in [5.74, 6) is -0.412. The topological polar surface area (TPSA) is 20.3 Å². The molecule has 0 amide bonds. The second kappa shape index (κ2) is 5.41. The van der Waals surface area contributed by atoms with Gasteiger partial charge < -0.3 is 0 Å². The zero-order valence-corrected chi connectivity index (χ0v) is 11.0. The lowest BCUT2D eigenvalue weighted by atomic mass is 9.96. The number of likely N-dealkylation sites (N-methyl/N-ethyl adjacent to an activating group) is 1. The number of nitrogens with zero attached hydrogens (tertiary/aromatic N) is 1. The highest BCUT2D eigenvalue weighted by Crippen LogP contribution is 2.14. The van der Waals surface area contributed by atoms with Crippen LogP contribution in [0, 0.1) is 11.2 Å². The van der Waals surface area contributed by atoms with E-state index in [9.17, 15) is 9.18 Å². The van der Waals surface area contributed by atoms with Gasteiger partial charge in [0.2, 0.25) is 0 Å². The van der Waals surface area contributed by atoms with E-state index in [1.165, 1.54) is 12.1 Å². The molecule has 1 aromatic rings. The maximum atomic E-state index is 13.0. The van der Waals surface area contributed by atoms with Crippen molar-refractivity contribution in [1.82, 2.24) is 4.90 Å². The molecule has 1 aromatic carbocycles. The maximum Gasteiger partial charge on any atom is 0.176 e. The van der Waals surface area contributed by atoms with Crippen molar-refractivity contribution >= 4 is 5.78 Å². The van der Waals surface area contributed by atoms with Crippen LogP contribution in [0.2, 0.25) is 0 Å². The number of carbonyl (C=O) groups is 1. The Balaban J connectivity index is 2.61. The second-order valence-corrected chi connectivity index (χ2v) is 5.67. The number of hydrogen-bond acceptors (Lipinski definition) is 2. The first-order valence-electron chi connectivity index (χ1n) is 5.75. The van der Waals surface area contributed by atoms with Crippen LogP contribution in [-0.4, -0.2) is 30.8 Å². The highest BCUT2D eigenvalue weighted by Gasteiger charge is 2.16. The minimum absolute atomic E-state index is 0.0451. The number of halogens is 1. The molecule has 1 rings (SSSR count). The van der Waals surface area contributed by atoms with E-state index >= 15 is 0 Å². The summed E-state index contributed by atoms with van der Waals surface area (Å²) >= 11 is 0. The van der Waals surface area contributed by atoms with E-state index in [2.05, 4.69) is 20.8 Å². The SMILES string of the molecule is CN(CC(=O)c1cccc(F)c1)CC(C)(C)C. The van der Waals surface area contributed by atoms with E-state index in [1.54, 1.807) is 12.1 Å². The first-order valence-corrected chi connectivity index (χ1v) is 5.75. The zero-order valence-electron chi connectivity index (χ0n) is 11.0. The Morgan fingerprint density at radius 2 is 2.00 bits per heavy atom. The van der Waals surface area contributed by atoms with Crippen LogP contribution in [0.3, 0.4) is 0 Å². The number of hydrogen-bond donors (Lipinski definition) is 0. The van der Waals surface area contributed by atoms with Crippen LogP contribution in [0.1, 0.15) is 31.1 Å². The minimum atomic E-state index is -0.366. The van der Waals surface area contributed by atoms with Crippen LogP contribution in [0.5, 0.6) is 0 Å². The smallest absolute Gasteiger partial charge is 0.176 e. The van der Waals surface area contributed by atoms with Gasteiger partial charge in [-0.1, -0.05) is 32.9 Å². The molecule has 17 heavy (non-hydrogen) atoms. The molecule has 0 heterocycles. The highest BCUT2D eigenvalue weighted by molar-refractivity contribution is 5.97. The van der Waals surface area contributed by atoms with Crippen LogP contribution >= 0.6 is 0 Å². The van der Waals surface area contributed by atoms with Gasteiger partial charge in [-0.05, 0) is 24.6 Å². The third-order valence-corrected chi connectivity index (χ3v) is 2.30. The molecule has 0 N–H and O–H groups in total. The fourth-order valence-corrected chi connectivity index (χ4v) is 1.86. The van der Waals surface area contributed by atoms with Gasteiger partial charge in [-0.15, -0.1) is 0 Å². The molecule has 94 valence electrons. The van der Waals surface area contributed by atoms with Crippen LogP contribution in [-0.2, 0) is 0 Å². The molecule has 0 aromatic heterocycles. The van der Waals surface area contributed by atoms with E-state index in [0.29, 0.717) is 12.1 Å². The third kappa shape index (κ3) is 5.09. The minimum Gasteiger partial charge on any atom is -0.298 e. The third-order valence-electron chi connectivity index (χ3n) is 2.30. The molecule has 0 unspecified atom stereocenters. The summed E-state index contributed by atoms with van der Waals surface area (Å²) in [6.07, 6.45) is 0. The van der Waals surface area contributed by atoms with Gasteiger partial charge >= 0.3 is 0 Å². The average molecular weight is 237 g/mol. The summed E-state index contributed by atoms with van der Waals surface area (Å²) in [5.41, 5.74) is 0.586. The molecule has 0 fully saturated rings. The van der Waals surface area contributed by atoms with Gasteiger partial charge in [0.25, 0.3) is 0 Å². The van der Waals surface area contributed by atoms with Crippen molar-refractivity contribution < 1.29 is 9.18 Å². The van der Waals surface area contributed by atoms with E-state index in [0.717, 1.165) is 6.54 Å². The van der Waals surface area contributed by atoms with E-state index in [4.69, 9.17) is 0 Å². The van der Waals surface area contributed by atoms with Crippen molar-refractivity contribution in [3.8, 4) is 0 Å². The summed E-state index contributed by atoms with van der Waals surface area (Å²) in [7, 11) is 1.91. The summed E-state index contributed by atoms with van der Waals surface area (Å²) in [6.45, 7) is 7.51. The van der Waals surface area contributed by atoms with Crippen molar-refractivity contribution in [3.63, 3.8) is 0 Å². The molecule has 0 bridgehead atoms. The molecule has 0 aliphatic carbocycles. The Morgan fingerprint density at radius 1 is 1.35 bits per heavy atom. The summed E-state index contributed by atoms with van der Waals surface area (Å²) in [5, 5.41) is 0. The molecule has 0 saturated heterocycles. The zero-order chi connectivity index (χ0) is 13.1. The molecular weight excluding hydrogens is 217 g/mol. The molecule has 0 spiro atoms. The second-order valence-electron chi connectivity index (χ2n) is 5.67. The van der Waals surface area contributed by atoms with Gasteiger partial charge in [-0.3, -0.25) is 9.69 Å². The van der Waals surface area contributed by atoms with Gasteiger partial charge in [0, 0.05) is 12.1 Å². The lowest BCUT2D eigenvalue weighted by Crippen LogP contribution is -2.33. The molecule has 0 saturated carbocycles. The molecule has 3 heteroatoms. The van der Waals surface area contributed by atoms with E-state index < -0.39 is 0 Å². The van der Waals surface area contributed by atoms with Gasteiger partial charge in [0.05, 0.1) is 6.54 Å². The van der Waals surface area contributed by atoms with Crippen molar-refractivity contribution in [1.29, 1.82) is 0 Å². The van der Waals surface area contributed by atoms with Gasteiger partial charge in [0.1, 0.15) is 5.82 Å². The largest absolute Gasteiger partial charge is 0.298 e. The van der Waals surface area contributed by atoms with Crippen molar-refractivity contribution in [2.24, 2.45) is 5.41 Å². The van der Waals surface area contributed by atoms with Crippen LogP contribution in [0.4, 0.5) is 4.39 Å². The van der Waals surface area contributed by atoms with Gasteiger partial charge in [-0.25, -0.2) is 4.39 Å². The standard InChI is InChI=1S/C14H20FNO/c1-14(2,3)10-16(4)9-13(17)11-6-5-7-12(15)8-11/h5-8H,9-10H2,1-4H3. The molecule has 2 nitrogen and oxygen atoms in total. The summed E-state index contributed by atoms with van der Waals surface area (Å²) in [6, 6.07) is 5.84. The Kier molecular flexibility index (Phi) is 4.40. The highest BCUT2D eigenvalue weighted by atomic mass is 19.1. The van der Waals surface area contributed by atoms with E-state index in [1.807, 2.05) is 11.9 Å². The molecule has 0 aliphatic heterocycles. The fraction of sp³-hybridized carbons (Fsp3) is 0.500. The Labute approximate surface area is 102 Å². The average Bonchev–Trinajstić information content (AvgIpc) is 2.14. The maximum absolute atomic E-state index is 13.0. The summed E-state index contributed by atoms with van der Waals surface area (Å²) in [4.78, 5) is 13.9. The van der Waals surface area contributed by atoms with Crippen LogP contribution < -0.4 is 0 Å². The fourth-order valence-electron chi connectivity index (χ4n) is 1.86. The Hall–Kier alpha value is -1.22. The number of carbonyl (C=O) groups excluding carboxylic acids is 1. The number of rotatable bonds is 4.